The van der Waals surface area contributed by atoms with Crippen LogP contribution in [0.5, 0.6) is 0 Å². The average Bonchev–Trinajstić information content (AvgIpc) is 2.49. The Morgan fingerprint density at radius 3 is 2.62 bits per heavy atom. The van der Waals surface area contributed by atoms with Crippen LogP contribution in [0.1, 0.15) is 5.56 Å². The number of halogens is 1. The highest BCUT2D eigenvalue weighted by molar-refractivity contribution is 9.07. The summed E-state index contributed by atoms with van der Waals surface area (Å²) in [5.41, 5.74) is -0.0919. The van der Waals surface area contributed by atoms with Gasteiger partial charge in [0.15, 0.2) is 0 Å². The molecule has 2 rings (SSSR count). The first kappa shape index (κ1) is 8.72. The van der Waals surface area contributed by atoms with Gasteiger partial charge in [0.1, 0.15) is 5.60 Å². The predicted octanol–water partition coefficient (Wildman–Crippen LogP) is 1.49. The van der Waals surface area contributed by atoms with Crippen molar-refractivity contribution in [3.63, 3.8) is 0 Å². The Hall–Kier alpha value is -0.870. The van der Waals surface area contributed by atoms with Crippen LogP contribution >= 0.6 is 16.1 Å². The number of rotatable bonds is 1. The summed E-state index contributed by atoms with van der Waals surface area (Å²) in [6.45, 7) is 0.441. The molecule has 0 fully saturated rings. The Morgan fingerprint density at radius 2 is 2.08 bits per heavy atom. The molecule has 0 bridgehead atoms. The Bertz CT molecular complexity index is 328. The molecule has 1 aromatic carbocycles. The fourth-order valence-electron chi connectivity index (χ4n) is 1.33. The maximum absolute atomic E-state index is 10.1. The lowest BCUT2D eigenvalue weighted by Crippen LogP contribution is -2.30. The number of benzene rings is 1. The highest BCUT2D eigenvalue weighted by Crippen LogP contribution is 2.26. The molecule has 0 spiro atoms. The fourth-order valence-corrected chi connectivity index (χ4v) is 1.81. The van der Waals surface area contributed by atoms with Gasteiger partial charge in [-0.25, -0.2) is 4.03 Å². The van der Waals surface area contributed by atoms with Crippen molar-refractivity contribution in [2.45, 2.75) is 5.60 Å². The number of hydrazone groups is 1. The minimum absolute atomic E-state index is 0.441. The van der Waals surface area contributed by atoms with Crippen molar-refractivity contribution >= 4 is 22.4 Å². The van der Waals surface area contributed by atoms with E-state index in [2.05, 4.69) is 21.2 Å². The van der Waals surface area contributed by atoms with E-state index in [1.807, 2.05) is 30.3 Å². The van der Waals surface area contributed by atoms with Gasteiger partial charge in [-0.1, -0.05) is 30.3 Å². The molecular weight excluding hydrogens is 232 g/mol. The van der Waals surface area contributed by atoms with Crippen molar-refractivity contribution in [2.24, 2.45) is 5.10 Å². The van der Waals surface area contributed by atoms with Crippen LogP contribution in [0.15, 0.2) is 35.4 Å². The van der Waals surface area contributed by atoms with Gasteiger partial charge in [-0.15, -0.1) is 0 Å². The molecule has 1 N–H and O–H groups in total. The van der Waals surface area contributed by atoms with E-state index in [-0.39, 0.29) is 0 Å². The van der Waals surface area contributed by atoms with E-state index in [1.165, 1.54) is 6.21 Å². The normalized spacial score (nSPS) is 26.8. The lowest BCUT2D eigenvalue weighted by Gasteiger charge is -2.19. The largest absolute Gasteiger partial charge is 0.377 e. The first-order valence-electron chi connectivity index (χ1n) is 3.97. The molecule has 1 heterocycles. The van der Waals surface area contributed by atoms with Crippen molar-refractivity contribution in [3.8, 4) is 0 Å². The van der Waals surface area contributed by atoms with Crippen LogP contribution < -0.4 is 0 Å². The second-order valence-electron chi connectivity index (χ2n) is 3.03. The van der Waals surface area contributed by atoms with Gasteiger partial charge >= 0.3 is 0 Å². The molecule has 0 saturated carbocycles. The molecule has 13 heavy (non-hydrogen) atoms. The Balaban J connectivity index is 2.32. The van der Waals surface area contributed by atoms with Gasteiger partial charge in [0.05, 0.1) is 28.9 Å². The lowest BCUT2D eigenvalue weighted by atomic mass is 9.96. The van der Waals surface area contributed by atoms with Crippen molar-refractivity contribution in [1.82, 2.24) is 4.03 Å². The minimum Gasteiger partial charge on any atom is -0.377 e. The van der Waals surface area contributed by atoms with Crippen LogP contribution in [0.25, 0.3) is 0 Å². The minimum atomic E-state index is -0.954. The lowest BCUT2D eigenvalue weighted by molar-refractivity contribution is 0.114. The van der Waals surface area contributed by atoms with Gasteiger partial charge in [-0.3, -0.25) is 0 Å². The van der Waals surface area contributed by atoms with Gasteiger partial charge in [-0.2, -0.15) is 5.10 Å². The molecule has 0 saturated heterocycles. The van der Waals surface area contributed by atoms with E-state index in [0.29, 0.717) is 6.54 Å². The predicted molar refractivity (Wildman–Crippen MR) is 54.5 cm³/mol. The van der Waals surface area contributed by atoms with Crippen LogP contribution in [0.3, 0.4) is 0 Å². The van der Waals surface area contributed by atoms with E-state index >= 15 is 0 Å². The summed E-state index contributed by atoms with van der Waals surface area (Å²) in [6, 6.07) is 9.50. The first-order chi connectivity index (χ1) is 6.21. The Labute approximate surface area is 85.0 Å². The van der Waals surface area contributed by atoms with Crippen molar-refractivity contribution in [3.05, 3.63) is 35.9 Å². The highest BCUT2D eigenvalue weighted by atomic mass is 79.9. The number of hydrogen-bond acceptors (Lipinski definition) is 3. The van der Waals surface area contributed by atoms with Crippen LogP contribution in [0, 0.1) is 0 Å². The smallest absolute Gasteiger partial charge is 0.146 e. The van der Waals surface area contributed by atoms with E-state index in [4.69, 9.17) is 0 Å². The number of nitrogens with zero attached hydrogens (tertiary/aromatic N) is 2. The Kier molecular flexibility index (Phi) is 2.09. The maximum atomic E-state index is 10.1. The SMILES string of the molecule is OC1(c2ccccc2)C=NN(Br)C1. The summed E-state index contributed by atoms with van der Waals surface area (Å²) < 4.78 is 1.54. The summed E-state index contributed by atoms with van der Waals surface area (Å²) in [5.74, 6) is 0. The maximum Gasteiger partial charge on any atom is 0.146 e. The molecule has 1 aromatic rings. The summed E-state index contributed by atoms with van der Waals surface area (Å²) in [7, 11) is 0. The number of hydrogen-bond donors (Lipinski definition) is 1. The van der Waals surface area contributed by atoms with Crippen LogP contribution in [-0.2, 0) is 5.60 Å². The summed E-state index contributed by atoms with van der Waals surface area (Å²) in [5, 5.41) is 14.1. The molecule has 0 aromatic heterocycles. The molecule has 1 aliphatic heterocycles. The second-order valence-corrected chi connectivity index (χ2v) is 3.85. The summed E-state index contributed by atoms with van der Waals surface area (Å²) >= 11 is 3.19. The molecule has 68 valence electrons. The molecule has 3 nitrogen and oxygen atoms in total. The molecular formula is C9H9BrN2O. The zero-order chi connectivity index (χ0) is 9.31. The van der Waals surface area contributed by atoms with Gasteiger partial charge in [0.25, 0.3) is 0 Å². The zero-order valence-electron chi connectivity index (χ0n) is 6.89. The van der Waals surface area contributed by atoms with Crippen LogP contribution in [0.2, 0.25) is 0 Å². The quantitative estimate of drug-likeness (QED) is 0.756. The monoisotopic (exact) mass is 240 g/mol. The molecule has 1 aliphatic rings. The summed E-state index contributed by atoms with van der Waals surface area (Å²) in [4.78, 5) is 0. The van der Waals surface area contributed by atoms with Gasteiger partial charge in [0.2, 0.25) is 0 Å². The zero-order valence-corrected chi connectivity index (χ0v) is 8.48. The third kappa shape index (κ3) is 1.59. The molecule has 0 radical (unpaired) electrons. The van der Waals surface area contributed by atoms with Crippen molar-refractivity contribution in [1.29, 1.82) is 0 Å². The number of β-amino-alcohol motifs (C(OH)–C–C–N with tert-alkyl or cyclic N) is 1. The molecule has 1 unspecified atom stereocenters. The number of aliphatic hydroxyl groups is 1. The van der Waals surface area contributed by atoms with E-state index in [1.54, 1.807) is 4.03 Å². The second kappa shape index (κ2) is 3.12. The van der Waals surface area contributed by atoms with E-state index < -0.39 is 5.60 Å². The third-order valence-corrected chi connectivity index (χ3v) is 2.48. The molecule has 1 atom stereocenters. The fraction of sp³-hybridized carbons (Fsp3) is 0.222. The van der Waals surface area contributed by atoms with Gasteiger partial charge < -0.3 is 5.11 Å². The average molecular weight is 241 g/mol. The van der Waals surface area contributed by atoms with Crippen molar-refractivity contribution < 1.29 is 5.11 Å². The van der Waals surface area contributed by atoms with E-state index in [9.17, 15) is 5.11 Å². The van der Waals surface area contributed by atoms with E-state index in [0.717, 1.165) is 5.56 Å². The van der Waals surface area contributed by atoms with Crippen LogP contribution in [-0.4, -0.2) is 21.9 Å². The Morgan fingerprint density at radius 1 is 1.38 bits per heavy atom. The summed E-state index contributed by atoms with van der Waals surface area (Å²) in [6.07, 6.45) is 1.54. The molecule has 4 heteroatoms. The highest BCUT2D eigenvalue weighted by Gasteiger charge is 2.33. The van der Waals surface area contributed by atoms with Gasteiger partial charge in [0, 0.05) is 0 Å². The van der Waals surface area contributed by atoms with Crippen LogP contribution in [0.4, 0.5) is 0 Å². The molecule has 0 amide bonds. The molecule has 0 aliphatic carbocycles. The first-order valence-corrected chi connectivity index (χ1v) is 4.68. The topological polar surface area (TPSA) is 35.8 Å². The van der Waals surface area contributed by atoms with Gasteiger partial charge in [-0.05, 0) is 5.56 Å². The standard InChI is InChI=1S/C9H9BrN2O/c10-12-7-9(13,6-11-12)8-4-2-1-3-5-8/h1-6,13H,7H2. The third-order valence-electron chi connectivity index (χ3n) is 2.04. The van der Waals surface area contributed by atoms with Crippen molar-refractivity contribution in [2.75, 3.05) is 6.54 Å².